The first-order valence-electron chi connectivity index (χ1n) is 12.6. The summed E-state index contributed by atoms with van der Waals surface area (Å²) in [5.74, 6) is -3.58. The molecule has 0 saturated heterocycles. The van der Waals surface area contributed by atoms with E-state index in [0.717, 1.165) is 10.9 Å². The monoisotopic (exact) mass is 562 g/mol. The SMILES string of the molecule is CSCCC(NC(=O)C(N)CC(C)C)C(=O)NC(CC(N)=O)C(=O)NC(Cc1c[nH]c2ccccc12)C(=O)O. The molecular formula is C26H38N6O6S. The summed E-state index contributed by atoms with van der Waals surface area (Å²) in [7, 11) is 0. The summed E-state index contributed by atoms with van der Waals surface area (Å²) in [4.78, 5) is 65.5. The number of thioether (sulfide) groups is 1. The lowest BCUT2D eigenvalue weighted by molar-refractivity contribution is -0.142. The molecule has 13 heteroatoms. The second-order valence-electron chi connectivity index (χ2n) is 9.77. The summed E-state index contributed by atoms with van der Waals surface area (Å²) in [5, 5.41) is 18.1. The zero-order valence-corrected chi connectivity index (χ0v) is 23.2. The fourth-order valence-corrected chi connectivity index (χ4v) is 4.55. The van der Waals surface area contributed by atoms with Gasteiger partial charge >= 0.3 is 5.97 Å². The minimum absolute atomic E-state index is 0.0392. The molecule has 1 aromatic heterocycles. The zero-order chi connectivity index (χ0) is 29.1. The van der Waals surface area contributed by atoms with Crippen LogP contribution in [0.25, 0.3) is 10.9 Å². The van der Waals surface area contributed by atoms with Crippen LogP contribution >= 0.6 is 11.8 Å². The number of aromatic amines is 1. The number of para-hydroxylation sites is 1. The Labute approximate surface area is 231 Å². The van der Waals surface area contributed by atoms with Crippen LogP contribution in [0, 0.1) is 5.92 Å². The van der Waals surface area contributed by atoms with E-state index >= 15 is 0 Å². The second kappa shape index (κ2) is 15.1. The average Bonchev–Trinajstić information content (AvgIpc) is 3.27. The average molecular weight is 563 g/mol. The second-order valence-corrected chi connectivity index (χ2v) is 10.8. The largest absolute Gasteiger partial charge is 0.480 e. The number of nitrogens with one attached hydrogen (secondary N) is 4. The summed E-state index contributed by atoms with van der Waals surface area (Å²) >= 11 is 1.46. The highest BCUT2D eigenvalue weighted by Gasteiger charge is 2.31. The Morgan fingerprint density at radius 1 is 0.974 bits per heavy atom. The number of carboxylic acid groups (broad SMARTS) is 1. The molecule has 4 amide bonds. The number of carboxylic acids is 1. The number of fused-ring (bicyclic) bond motifs is 1. The fourth-order valence-electron chi connectivity index (χ4n) is 4.07. The number of hydrogen-bond acceptors (Lipinski definition) is 7. The predicted molar refractivity (Wildman–Crippen MR) is 150 cm³/mol. The smallest absolute Gasteiger partial charge is 0.326 e. The molecular weight excluding hydrogens is 524 g/mol. The number of H-pyrrole nitrogens is 1. The van der Waals surface area contributed by atoms with Crippen LogP contribution in [0.4, 0.5) is 0 Å². The summed E-state index contributed by atoms with van der Waals surface area (Å²) < 4.78 is 0. The van der Waals surface area contributed by atoms with Crippen molar-refractivity contribution in [1.82, 2.24) is 20.9 Å². The molecule has 0 bridgehead atoms. The normalized spacial score (nSPS) is 14.3. The van der Waals surface area contributed by atoms with E-state index in [1.54, 1.807) is 6.20 Å². The van der Waals surface area contributed by atoms with Gasteiger partial charge < -0.3 is 37.5 Å². The molecule has 39 heavy (non-hydrogen) atoms. The number of nitrogens with two attached hydrogens (primary N) is 2. The van der Waals surface area contributed by atoms with E-state index in [9.17, 15) is 29.1 Å². The Morgan fingerprint density at radius 3 is 2.21 bits per heavy atom. The van der Waals surface area contributed by atoms with E-state index in [0.29, 0.717) is 17.7 Å². The molecule has 0 radical (unpaired) electrons. The van der Waals surface area contributed by atoms with E-state index in [1.165, 1.54) is 11.8 Å². The van der Waals surface area contributed by atoms with Crippen molar-refractivity contribution in [1.29, 1.82) is 0 Å². The summed E-state index contributed by atoms with van der Waals surface area (Å²) in [5.41, 5.74) is 12.7. The highest BCUT2D eigenvalue weighted by atomic mass is 32.2. The van der Waals surface area contributed by atoms with Gasteiger partial charge in [-0.25, -0.2) is 4.79 Å². The van der Waals surface area contributed by atoms with E-state index in [1.807, 2.05) is 44.4 Å². The van der Waals surface area contributed by atoms with Crippen molar-refractivity contribution < 1.29 is 29.1 Å². The van der Waals surface area contributed by atoms with Crippen LogP contribution in [-0.2, 0) is 30.4 Å². The van der Waals surface area contributed by atoms with Crippen LogP contribution in [0.5, 0.6) is 0 Å². The van der Waals surface area contributed by atoms with Gasteiger partial charge in [0.25, 0.3) is 0 Å². The molecule has 1 heterocycles. The number of rotatable bonds is 16. The fraction of sp³-hybridized carbons (Fsp3) is 0.500. The van der Waals surface area contributed by atoms with Crippen molar-refractivity contribution in [2.75, 3.05) is 12.0 Å². The maximum atomic E-state index is 13.1. The van der Waals surface area contributed by atoms with Gasteiger partial charge in [-0.1, -0.05) is 32.0 Å². The van der Waals surface area contributed by atoms with Gasteiger partial charge in [0.2, 0.25) is 23.6 Å². The minimum Gasteiger partial charge on any atom is -0.480 e. The maximum Gasteiger partial charge on any atom is 0.326 e. The number of carbonyl (C=O) groups excluding carboxylic acids is 4. The number of primary amides is 1. The number of aromatic nitrogens is 1. The Hall–Kier alpha value is -3.58. The number of hydrogen-bond donors (Lipinski definition) is 7. The van der Waals surface area contributed by atoms with E-state index in [2.05, 4.69) is 20.9 Å². The molecule has 0 saturated carbocycles. The van der Waals surface area contributed by atoms with Crippen LogP contribution in [0.2, 0.25) is 0 Å². The molecule has 9 N–H and O–H groups in total. The van der Waals surface area contributed by atoms with Crippen molar-refractivity contribution in [2.45, 2.75) is 63.7 Å². The van der Waals surface area contributed by atoms with Gasteiger partial charge in [0.15, 0.2) is 0 Å². The van der Waals surface area contributed by atoms with Crippen LogP contribution in [-0.4, -0.2) is 75.9 Å². The van der Waals surface area contributed by atoms with E-state index in [-0.39, 0.29) is 18.8 Å². The molecule has 2 rings (SSSR count). The standard InChI is InChI=1S/C26H38N6O6S/c1-14(2)10-17(27)23(34)30-19(8-9-39-3)24(35)31-20(12-22(28)33)25(36)32-21(26(37)38)11-15-13-29-18-7-5-4-6-16(15)18/h4-7,13-14,17,19-21,29H,8-12,27H2,1-3H3,(H2,28,33)(H,30,34)(H,31,35)(H,32,36)(H,37,38). The molecule has 4 atom stereocenters. The quantitative estimate of drug-likeness (QED) is 0.150. The molecule has 214 valence electrons. The van der Waals surface area contributed by atoms with Gasteiger partial charge in [-0.2, -0.15) is 11.8 Å². The van der Waals surface area contributed by atoms with Crippen LogP contribution < -0.4 is 27.4 Å². The number of amides is 4. The predicted octanol–water partition coefficient (Wildman–Crippen LogP) is 0.251. The van der Waals surface area contributed by atoms with Gasteiger partial charge in [0, 0.05) is 23.5 Å². The molecule has 2 aromatic rings. The Balaban J connectivity index is 2.17. The number of benzene rings is 1. The van der Waals surface area contributed by atoms with Crippen molar-refractivity contribution in [3.63, 3.8) is 0 Å². The first-order valence-corrected chi connectivity index (χ1v) is 14.0. The van der Waals surface area contributed by atoms with Crippen molar-refractivity contribution >= 4 is 52.3 Å². The first kappa shape index (κ1) is 31.6. The summed E-state index contributed by atoms with van der Waals surface area (Å²) in [6.07, 6.45) is 3.57. The summed E-state index contributed by atoms with van der Waals surface area (Å²) in [6.45, 7) is 3.84. The van der Waals surface area contributed by atoms with Crippen LogP contribution in [0.3, 0.4) is 0 Å². The van der Waals surface area contributed by atoms with E-state index < -0.39 is 60.2 Å². The summed E-state index contributed by atoms with van der Waals surface area (Å²) in [6, 6.07) is 2.69. The molecule has 12 nitrogen and oxygen atoms in total. The lowest BCUT2D eigenvalue weighted by atomic mass is 10.0. The maximum absolute atomic E-state index is 13.1. The molecule has 0 aliphatic rings. The third-order valence-electron chi connectivity index (χ3n) is 6.06. The van der Waals surface area contributed by atoms with Gasteiger partial charge in [0.1, 0.15) is 18.1 Å². The molecule has 1 aromatic carbocycles. The molecule has 0 aliphatic heterocycles. The Morgan fingerprint density at radius 2 is 1.59 bits per heavy atom. The van der Waals surface area contributed by atoms with Gasteiger partial charge in [-0.3, -0.25) is 19.2 Å². The Bertz CT molecular complexity index is 1170. The zero-order valence-electron chi connectivity index (χ0n) is 22.4. The van der Waals surface area contributed by atoms with Crippen molar-refractivity contribution in [3.05, 3.63) is 36.0 Å². The lowest BCUT2D eigenvalue weighted by Gasteiger charge is -2.25. The van der Waals surface area contributed by atoms with Gasteiger partial charge in [0.05, 0.1) is 12.5 Å². The molecule has 0 spiro atoms. The van der Waals surface area contributed by atoms with Crippen molar-refractivity contribution in [3.8, 4) is 0 Å². The molecule has 4 unspecified atom stereocenters. The number of carbonyl (C=O) groups is 5. The topological polar surface area (TPSA) is 209 Å². The third kappa shape index (κ3) is 9.91. The van der Waals surface area contributed by atoms with Gasteiger partial charge in [-0.05, 0) is 42.4 Å². The van der Waals surface area contributed by atoms with Crippen LogP contribution in [0.1, 0.15) is 38.7 Å². The van der Waals surface area contributed by atoms with Crippen molar-refractivity contribution in [2.24, 2.45) is 17.4 Å². The van der Waals surface area contributed by atoms with Gasteiger partial charge in [-0.15, -0.1) is 0 Å². The van der Waals surface area contributed by atoms with Crippen LogP contribution in [0.15, 0.2) is 30.5 Å². The Kier molecular flexibility index (Phi) is 12.3. The van der Waals surface area contributed by atoms with E-state index in [4.69, 9.17) is 11.5 Å². The first-order chi connectivity index (χ1) is 18.4. The number of aliphatic carboxylic acids is 1. The third-order valence-corrected chi connectivity index (χ3v) is 6.70. The minimum atomic E-state index is -1.45. The molecule has 0 fully saturated rings. The highest BCUT2D eigenvalue weighted by molar-refractivity contribution is 7.98. The lowest BCUT2D eigenvalue weighted by Crippen LogP contribution is -2.58. The highest BCUT2D eigenvalue weighted by Crippen LogP contribution is 2.19. The molecule has 0 aliphatic carbocycles.